The Morgan fingerprint density at radius 1 is 1.24 bits per heavy atom. The third-order valence-electron chi connectivity index (χ3n) is 4.94. The van der Waals surface area contributed by atoms with Gasteiger partial charge < -0.3 is 14.8 Å². The predicted octanol–water partition coefficient (Wildman–Crippen LogP) is 5.22. The van der Waals surface area contributed by atoms with Crippen molar-refractivity contribution in [3.8, 4) is 0 Å². The number of halogens is 5. The molecule has 1 aliphatic heterocycles. The number of carbonyl (C=O) groups is 2. The normalized spacial score (nSPS) is 17.9. The number of carboxylic acid groups (broad SMARTS) is 1. The lowest BCUT2D eigenvalue weighted by Crippen LogP contribution is -2.42. The summed E-state index contributed by atoms with van der Waals surface area (Å²) in [4.78, 5) is 34.2. The Labute approximate surface area is 201 Å². The van der Waals surface area contributed by atoms with E-state index in [9.17, 15) is 27.9 Å². The van der Waals surface area contributed by atoms with Gasteiger partial charge in [-0.3, -0.25) is 9.69 Å². The number of rotatable bonds is 6. The second-order valence-electron chi connectivity index (χ2n) is 7.12. The van der Waals surface area contributed by atoms with Gasteiger partial charge >= 0.3 is 12.1 Å². The Morgan fingerprint density at radius 2 is 1.88 bits per heavy atom. The Balaban J connectivity index is 2.10. The number of aromatic carboxylic acids is 1. The molecule has 0 saturated carbocycles. The average molecular weight is 518 g/mol. The van der Waals surface area contributed by atoms with Gasteiger partial charge in [0.2, 0.25) is 5.91 Å². The number of nitrogens with zero attached hydrogens (tertiary/aromatic N) is 3. The third-order valence-corrected chi connectivity index (χ3v) is 5.38. The summed E-state index contributed by atoms with van der Waals surface area (Å²) in [5.41, 5.74) is -3.73. The largest absolute Gasteiger partial charge is 0.478 e. The second kappa shape index (κ2) is 9.51. The van der Waals surface area contributed by atoms with Crippen LogP contribution in [0.1, 0.15) is 34.8 Å². The van der Waals surface area contributed by atoms with Gasteiger partial charge in [0, 0.05) is 34.5 Å². The lowest BCUT2D eigenvalue weighted by Gasteiger charge is -2.29. The number of hydrogen-bond acceptors (Lipinski definition) is 6. The molecule has 3 rings (SSSR count). The minimum atomic E-state index is -4.91. The molecule has 0 bridgehead atoms. The maximum atomic E-state index is 14.2. The van der Waals surface area contributed by atoms with E-state index in [0.29, 0.717) is 0 Å². The van der Waals surface area contributed by atoms with Crippen LogP contribution in [0.3, 0.4) is 0 Å². The molecule has 0 radical (unpaired) electrons. The molecule has 180 valence electrons. The van der Waals surface area contributed by atoms with Crippen LogP contribution in [0.5, 0.6) is 0 Å². The van der Waals surface area contributed by atoms with Crippen molar-refractivity contribution in [2.24, 2.45) is 10.3 Å². The molecule has 13 heteroatoms. The van der Waals surface area contributed by atoms with Crippen LogP contribution in [0.15, 0.2) is 46.7 Å². The van der Waals surface area contributed by atoms with Crippen molar-refractivity contribution in [2.45, 2.75) is 25.1 Å². The first-order valence-corrected chi connectivity index (χ1v) is 10.2. The van der Waals surface area contributed by atoms with E-state index in [0.717, 1.165) is 36.4 Å². The topological polar surface area (TPSA) is 101 Å². The highest BCUT2D eigenvalue weighted by Gasteiger charge is 2.62. The first-order valence-electron chi connectivity index (χ1n) is 9.42. The fourth-order valence-corrected chi connectivity index (χ4v) is 3.87. The highest BCUT2D eigenvalue weighted by Crippen LogP contribution is 2.49. The van der Waals surface area contributed by atoms with Crippen LogP contribution in [0.4, 0.5) is 18.9 Å². The summed E-state index contributed by atoms with van der Waals surface area (Å²) >= 11 is 11.8. The molecule has 1 unspecified atom stereocenters. The molecule has 2 aromatic rings. The average Bonchev–Trinajstić information content (AvgIpc) is 3.20. The van der Waals surface area contributed by atoms with Gasteiger partial charge in [0.1, 0.15) is 13.4 Å². The SMILES string of the molecule is CON=CN(C(C)=O)c1cc(C2=NOC(c3cc(Cl)cc(Cl)c3)(C(F)(F)F)C2)ccc1C(=O)O. The standard InChI is InChI=1S/C21H16Cl2F3N3O5/c1-11(30)29(10-27-33-2)18-5-12(3-4-16(18)19(31)32)17-9-20(34-28-17,21(24,25)26)13-6-14(22)8-15(23)7-13/h3-8,10H,9H2,1-2H3,(H,31,32). The molecule has 1 atom stereocenters. The predicted molar refractivity (Wildman–Crippen MR) is 118 cm³/mol. The Bertz CT molecular complexity index is 1180. The molecular weight excluding hydrogens is 502 g/mol. The van der Waals surface area contributed by atoms with Gasteiger partial charge in [-0.25, -0.2) is 4.79 Å². The van der Waals surface area contributed by atoms with E-state index in [4.69, 9.17) is 28.0 Å². The van der Waals surface area contributed by atoms with Gasteiger partial charge in [-0.15, -0.1) is 0 Å². The lowest BCUT2D eigenvalue weighted by molar-refractivity contribution is -0.275. The monoisotopic (exact) mass is 517 g/mol. The molecule has 0 spiro atoms. The molecule has 0 aromatic heterocycles. The number of hydrogen-bond donors (Lipinski definition) is 1. The van der Waals surface area contributed by atoms with Gasteiger partial charge in [-0.1, -0.05) is 39.6 Å². The smallest absolute Gasteiger partial charge is 0.435 e. The number of oxime groups is 2. The van der Waals surface area contributed by atoms with Crippen LogP contribution in [0.25, 0.3) is 0 Å². The molecule has 2 aromatic carbocycles. The van der Waals surface area contributed by atoms with E-state index >= 15 is 0 Å². The molecule has 34 heavy (non-hydrogen) atoms. The van der Waals surface area contributed by atoms with Crippen LogP contribution >= 0.6 is 23.2 Å². The number of carboxylic acids is 1. The van der Waals surface area contributed by atoms with Crippen molar-refractivity contribution in [3.63, 3.8) is 0 Å². The van der Waals surface area contributed by atoms with Crippen molar-refractivity contribution < 1.29 is 37.5 Å². The first kappa shape index (κ1) is 25.3. The van der Waals surface area contributed by atoms with Crippen molar-refractivity contribution >= 4 is 52.8 Å². The number of alkyl halides is 3. The molecular formula is C21H16Cl2F3N3O5. The Morgan fingerprint density at radius 3 is 2.41 bits per heavy atom. The quantitative estimate of drug-likeness (QED) is 0.321. The van der Waals surface area contributed by atoms with Crippen LogP contribution in [0, 0.1) is 0 Å². The Kier molecular flexibility index (Phi) is 7.08. The zero-order chi connectivity index (χ0) is 25.3. The molecule has 0 aliphatic carbocycles. The van der Waals surface area contributed by atoms with Crippen molar-refractivity contribution in [3.05, 3.63) is 63.1 Å². The fraction of sp³-hybridized carbons (Fsp3) is 0.238. The van der Waals surface area contributed by atoms with E-state index in [-0.39, 0.29) is 38.1 Å². The summed E-state index contributed by atoms with van der Waals surface area (Å²) in [7, 11) is 1.22. The van der Waals surface area contributed by atoms with E-state index in [1.807, 2.05) is 0 Å². The third kappa shape index (κ3) is 4.80. The van der Waals surface area contributed by atoms with E-state index < -0.39 is 30.1 Å². The van der Waals surface area contributed by atoms with Gasteiger partial charge in [-0.05, 0) is 30.3 Å². The van der Waals surface area contributed by atoms with Crippen LogP contribution in [-0.4, -0.2) is 42.3 Å². The summed E-state index contributed by atoms with van der Waals surface area (Å²) in [5.74, 6) is -2.00. The maximum Gasteiger partial charge on any atom is 0.435 e. The van der Waals surface area contributed by atoms with Gasteiger partial charge in [0.15, 0.2) is 0 Å². The zero-order valence-corrected chi connectivity index (χ0v) is 19.1. The molecule has 1 N–H and O–H groups in total. The van der Waals surface area contributed by atoms with E-state index in [1.165, 1.54) is 25.3 Å². The molecule has 1 heterocycles. The fourth-order valence-electron chi connectivity index (χ4n) is 3.34. The molecule has 0 fully saturated rings. The van der Waals surface area contributed by atoms with Gasteiger partial charge in [0.05, 0.1) is 17.0 Å². The zero-order valence-electron chi connectivity index (χ0n) is 17.6. The Hall–Kier alpha value is -3.31. The first-order chi connectivity index (χ1) is 15.9. The molecule has 8 nitrogen and oxygen atoms in total. The van der Waals surface area contributed by atoms with Crippen LogP contribution in [0.2, 0.25) is 10.0 Å². The van der Waals surface area contributed by atoms with E-state index in [1.54, 1.807) is 0 Å². The molecule has 1 amide bonds. The van der Waals surface area contributed by atoms with E-state index in [2.05, 4.69) is 15.1 Å². The highest BCUT2D eigenvalue weighted by molar-refractivity contribution is 6.34. The lowest BCUT2D eigenvalue weighted by atomic mass is 9.86. The minimum absolute atomic E-state index is 0.0224. The molecule has 1 aliphatic rings. The summed E-state index contributed by atoms with van der Waals surface area (Å²) in [6, 6.07) is 7.04. The van der Waals surface area contributed by atoms with Gasteiger partial charge in [0.25, 0.3) is 5.60 Å². The summed E-state index contributed by atoms with van der Waals surface area (Å²) in [6.07, 6.45) is -4.73. The minimum Gasteiger partial charge on any atom is -0.478 e. The highest BCUT2D eigenvalue weighted by atomic mass is 35.5. The van der Waals surface area contributed by atoms with Crippen molar-refractivity contribution in [1.29, 1.82) is 0 Å². The van der Waals surface area contributed by atoms with Crippen molar-refractivity contribution in [2.75, 3.05) is 12.0 Å². The number of carbonyl (C=O) groups excluding carboxylic acids is 1. The van der Waals surface area contributed by atoms with Crippen LogP contribution < -0.4 is 4.90 Å². The number of anilines is 1. The summed E-state index contributed by atoms with van der Waals surface area (Å²) < 4.78 is 42.7. The van der Waals surface area contributed by atoms with Crippen LogP contribution in [-0.2, 0) is 20.1 Å². The maximum absolute atomic E-state index is 14.2. The summed E-state index contributed by atoms with van der Waals surface area (Å²) in [6.45, 7) is 1.15. The number of benzene rings is 2. The van der Waals surface area contributed by atoms with Gasteiger partial charge in [-0.2, -0.15) is 13.2 Å². The van der Waals surface area contributed by atoms with Crippen molar-refractivity contribution in [1.82, 2.24) is 0 Å². The second-order valence-corrected chi connectivity index (χ2v) is 7.99. The summed E-state index contributed by atoms with van der Waals surface area (Å²) in [5, 5.41) is 16.6. The number of amides is 1. The molecule has 0 saturated heterocycles.